The van der Waals surface area contributed by atoms with Crippen molar-refractivity contribution in [2.75, 3.05) is 26.2 Å². The fourth-order valence-electron chi connectivity index (χ4n) is 3.42. The average molecular weight is 274 g/mol. The van der Waals surface area contributed by atoms with Crippen LogP contribution in [0, 0.1) is 19.8 Å². The van der Waals surface area contributed by atoms with Gasteiger partial charge in [-0.2, -0.15) is 0 Å². The monoisotopic (exact) mass is 274 g/mol. The van der Waals surface area contributed by atoms with Gasteiger partial charge in [-0.1, -0.05) is 36.2 Å². The summed E-state index contributed by atoms with van der Waals surface area (Å²) in [6, 6.07) is 7.48. The van der Waals surface area contributed by atoms with Crippen LogP contribution in [-0.2, 0) is 0 Å². The number of nitrogens with zero attached hydrogens (tertiary/aromatic N) is 1. The molecule has 1 saturated heterocycles. The van der Waals surface area contributed by atoms with E-state index in [0.717, 1.165) is 12.5 Å². The van der Waals surface area contributed by atoms with Crippen LogP contribution in [-0.4, -0.2) is 31.1 Å². The minimum Gasteiger partial charge on any atom is -0.317 e. The zero-order chi connectivity index (χ0) is 14.5. The molecule has 0 saturated carbocycles. The molecule has 1 aliphatic rings. The smallest absolute Gasteiger partial charge is 0.0320 e. The largest absolute Gasteiger partial charge is 0.317 e. The Morgan fingerprint density at radius 2 is 1.75 bits per heavy atom. The molecule has 2 nitrogen and oxygen atoms in total. The Morgan fingerprint density at radius 3 is 2.30 bits per heavy atom. The third-order valence-corrected chi connectivity index (χ3v) is 4.63. The Labute approximate surface area is 124 Å². The second-order valence-electron chi connectivity index (χ2n) is 6.38. The van der Waals surface area contributed by atoms with Crippen LogP contribution in [0.15, 0.2) is 18.2 Å². The minimum absolute atomic E-state index is 0.522. The number of piperidine rings is 1. The van der Waals surface area contributed by atoms with Crippen molar-refractivity contribution >= 4 is 0 Å². The summed E-state index contributed by atoms with van der Waals surface area (Å²) in [5, 5.41) is 3.46. The van der Waals surface area contributed by atoms with E-state index in [1.807, 2.05) is 0 Å². The van der Waals surface area contributed by atoms with E-state index in [1.54, 1.807) is 0 Å². The van der Waals surface area contributed by atoms with Crippen molar-refractivity contribution in [2.45, 2.75) is 46.6 Å². The molecule has 1 unspecified atom stereocenters. The predicted octanol–water partition coefficient (Wildman–Crippen LogP) is 3.69. The molecule has 1 fully saturated rings. The van der Waals surface area contributed by atoms with E-state index in [1.165, 1.54) is 49.2 Å². The lowest BCUT2D eigenvalue weighted by Gasteiger charge is -2.34. The highest BCUT2D eigenvalue weighted by molar-refractivity contribution is 5.30. The second kappa shape index (κ2) is 7.24. The van der Waals surface area contributed by atoms with Crippen molar-refractivity contribution < 1.29 is 0 Å². The van der Waals surface area contributed by atoms with E-state index in [2.05, 4.69) is 56.1 Å². The third-order valence-electron chi connectivity index (χ3n) is 4.63. The highest BCUT2D eigenvalue weighted by atomic mass is 15.1. The molecule has 0 spiro atoms. The Hall–Kier alpha value is -0.860. The fraction of sp³-hybridized carbons (Fsp3) is 0.667. The molecule has 0 aliphatic carbocycles. The quantitative estimate of drug-likeness (QED) is 0.881. The van der Waals surface area contributed by atoms with Crippen LogP contribution in [0.3, 0.4) is 0 Å². The molecule has 1 heterocycles. The molecule has 0 amide bonds. The molecule has 20 heavy (non-hydrogen) atoms. The van der Waals surface area contributed by atoms with E-state index < -0.39 is 0 Å². The topological polar surface area (TPSA) is 15.3 Å². The van der Waals surface area contributed by atoms with Crippen LogP contribution in [0.5, 0.6) is 0 Å². The molecular formula is C18H30N2. The lowest BCUT2D eigenvalue weighted by atomic mass is 9.95. The van der Waals surface area contributed by atoms with Crippen LogP contribution < -0.4 is 5.32 Å². The molecule has 2 heteroatoms. The fourth-order valence-corrected chi connectivity index (χ4v) is 3.42. The molecule has 1 atom stereocenters. The number of rotatable bonds is 5. The molecule has 112 valence electrons. The molecule has 1 aliphatic heterocycles. The van der Waals surface area contributed by atoms with Gasteiger partial charge in [0, 0.05) is 12.6 Å². The van der Waals surface area contributed by atoms with Crippen molar-refractivity contribution in [3.8, 4) is 0 Å². The van der Waals surface area contributed by atoms with E-state index in [-0.39, 0.29) is 0 Å². The standard InChI is InChI=1S/C18H30N2/c1-5-20(13-17-6-8-19-9-7-17)16(4)18-11-14(2)10-15(3)12-18/h10-12,16-17,19H,5-9,13H2,1-4H3. The summed E-state index contributed by atoms with van der Waals surface area (Å²) in [6.07, 6.45) is 2.66. The Bertz CT molecular complexity index is 401. The summed E-state index contributed by atoms with van der Waals surface area (Å²) >= 11 is 0. The van der Waals surface area contributed by atoms with Gasteiger partial charge in [0.25, 0.3) is 0 Å². The van der Waals surface area contributed by atoms with E-state index in [0.29, 0.717) is 6.04 Å². The van der Waals surface area contributed by atoms with Gasteiger partial charge in [0.15, 0.2) is 0 Å². The van der Waals surface area contributed by atoms with Crippen LogP contribution in [0.1, 0.15) is 49.4 Å². The molecule has 0 bridgehead atoms. The summed E-state index contributed by atoms with van der Waals surface area (Å²) in [5.74, 6) is 0.865. The average Bonchev–Trinajstić information content (AvgIpc) is 2.44. The predicted molar refractivity (Wildman–Crippen MR) is 87.2 cm³/mol. The van der Waals surface area contributed by atoms with Crippen molar-refractivity contribution in [1.29, 1.82) is 0 Å². The summed E-state index contributed by atoms with van der Waals surface area (Å²) in [7, 11) is 0. The minimum atomic E-state index is 0.522. The molecule has 2 rings (SSSR count). The molecule has 1 aromatic carbocycles. The third kappa shape index (κ3) is 4.07. The van der Waals surface area contributed by atoms with Gasteiger partial charge in [0.1, 0.15) is 0 Å². The Balaban J connectivity index is 2.05. The SMILES string of the molecule is CCN(CC1CCNCC1)C(C)c1cc(C)cc(C)c1. The van der Waals surface area contributed by atoms with E-state index in [9.17, 15) is 0 Å². The highest BCUT2D eigenvalue weighted by Crippen LogP contribution is 2.25. The van der Waals surface area contributed by atoms with Crippen molar-refractivity contribution in [3.05, 3.63) is 34.9 Å². The number of nitrogens with one attached hydrogen (secondary N) is 1. The molecular weight excluding hydrogens is 244 g/mol. The first-order valence-corrected chi connectivity index (χ1v) is 8.13. The molecule has 1 aromatic rings. The zero-order valence-electron chi connectivity index (χ0n) is 13.6. The zero-order valence-corrected chi connectivity index (χ0v) is 13.6. The maximum absolute atomic E-state index is 3.46. The van der Waals surface area contributed by atoms with Crippen LogP contribution in [0.2, 0.25) is 0 Å². The van der Waals surface area contributed by atoms with Crippen molar-refractivity contribution in [1.82, 2.24) is 10.2 Å². The van der Waals surface area contributed by atoms with Crippen LogP contribution in [0.25, 0.3) is 0 Å². The molecule has 0 radical (unpaired) electrons. The summed E-state index contributed by atoms with van der Waals surface area (Å²) in [4.78, 5) is 2.64. The van der Waals surface area contributed by atoms with Crippen molar-refractivity contribution in [3.63, 3.8) is 0 Å². The first-order chi connectivity index (χ1) is 9.60. The van der Waals surface area contributed by atoms with Crippen LogP contribution >= 0.6 is 0 Å². The Morgan fingerprint density at radius 1 is 1.15 bits per heavy atom. The number of benzene rings is 1. The summed E-state index contributed by atoms with van der Waals surface area (Å²) < 4.78 is 0. The van der Waals surface area contributed by atoms with Gasteiger partial charge >= 0.3 is 0 Å². The summed E-state index contributed by atoms with van der Waals surface area (Å²) in [6.45, 7) is 13.8. The van der Waals surface area contributed by atoms with Gasteiger partial charge in [0.05, 0.1) is 0 Å². The van der Waals surface area contributed by atoms with Gasteiger partial charge in [-0.15, -0.1) is 0 Å². The maximum Gasteiger partial charge on any atom is 0.0320 e. The Kier molecular flexibility index (Phi) is 5.62. The van der Waals surface area contributed by atoms with Crippen molar-refractivity contribution in [2.24, 2.45) is 5.92 Å². The van der Waals surface area contributed by atoms with Gasteiger partial charge < -0.3 is 5.32 Å². The van der Waals surface area contributed by atoms with Gasteiger partial charge in [-0.25, -0.2) is 0 Å². The second-order valence-corrected chi connectivity index (χ2v) is 6.38. The van der Waals surface area contributed by atoms with Gasteiger partial charge in [-0.3, -0.25) is 4.90 Å². The lowest BCUT2D eigenvalue weighted by Crippen LogP contribution is -2.37. The van der Waals surface area contributed by atoms with E-state index >= 15 is 0 Å². The van der Waals surface area contributed by atoms with Gasteiger partial charge in [0.2, 0.25) is 0 Å². The number of aryl methyl sites for hydroxylation is 2. The lowest BCUT2D eigenvalue weighted by molar-refractivity contribution is 0.168. The molecule has 1 N–H and O–H groups in total. The highest BCUT2D eigenvalue weighted by Gasteiger charge is 2.20. The van der Waals surface area contributed by atoms with E-state index in [4.69, 9.17) is 0 Å². The molecule has 0 aromatic heterocycles. The summed E-state index contributed by atoms with van der Waals surface area (Å²) in [5.41, 5.74) is 4.23. The first-order valence-electron chi connectivity index (χ1n) is 8.13. The number of hydrogen-bond acceptors (Lipinski definition) is 2. The van der Waals surface area contributed by atoms with Crippen LogP contribution in [0.4, 0.5) is 0 Å². The number of hydrogen-bond donors (Lipinski definition) is 1. The maximum atomic E-state index is 3.46. The first kappa shape index (κ1) is 15.5. The normalized spacial score (nSPS) is 18.4. The van der Waals surface area contributed by atoms with Gasteiger partial charge in [-0.05, 0) is 64.7 Å².